The van der Waals surface area contributed by atoms with E-state index >= 15 is 0 Å². The van der Waals surface area contributed by atoms with Gasteiger partial charge in [0.05, 0.1) is 13.2 Å². The van der Waals surface area contributed by atoms with Gasteiger partial charge in [0.25, 0.3) is 0 Å². The molecular formula is C9H18IO3P. The van der Waals surface area contributed by atoms with E-state index < -0.39 is 7.60 Å². The monoisotopic (exact) mass is 332 g/mol. The zero-order valence-electron chi connectivity index (χ0n) is 8.74. The standard InChI is InChI=1S/C9H18IO3P/c1-4-7-8-9(10)14(11,12-5-2)13-6-3/h4,9H,1,5-8H2,2-3H3. The van der Waals surface area contributed by atoms with Crippen molar-refractivity contribution in [3.8, 4) is 0 Å². The van der Waals surface area contributed by atoms with E-state index in [2.05, 4.69) is 29.2 Å². The van der Waals surface area contributed by atoms with Crippen LogP contribution in [-0.2, 0) is 13.6 Å². The number of halogens is 1. The van der Waals surface area contributed by atoms with Crippen LogP contribution in [0.3, 0.4) is 0 Å². The van der Waals surface area contributed by atoms with Crippen LogP contribution in [0.25, 0.3) is 0 Å². The third kappa shape index (κ3) is 4.91. The highest BCUT2D eigenvalue weighted by Gasteiger charge is 2.32. The van der Waals surface area contributed by atoms with Crippen molar-refractivity contribution >= 4 is 30.2 Å². The Balaban J connectivity index is 4.30. The first-order valence-electron chi connectivity index (χ1n) is 4.74. The fraction of sp³-hybridized carbons (Fsp3) is 0.778. The minimum Gasteiger partial charge on any atom is -0.308 e. The molecule has 0 rings (SSSR count). The Morgan fingerprint density at radius 3 is 2.29 bits per heavy atom. The van der Waals surface area contributed by atoms with Gasteiger partial charge in [0, 0.05) is 0 Å². The minimum absolute atomic E-state index is 0.0852. The van der Waals surface area contributed by atoms with Gasteiger partial charge in [0.2, 0.25) is 0 Å². The maximum absolute atomic E-state index is 12.1. The molecule has 0 N–H and O–H groups in total. The molecule has 0 saturated carbocycles. The summed E-state index contributed by atoms with van der Waals surface area (Å²) in [6, 6.07) is 0. The Bertz CT molecular complexity index is 198. The van der Waals surface area contributed by atoms with Gasteiger partial charge in [-0.15, -0.1) is 6.58 Å². The van der Waals surface area contributed by atoms with Crippen LogP contribution < -0.4 is 0 Å². The summed E-state index contributed by atoms with van der Waals surface area (Å²) in [5, 5.41) is 0. The van der Waals surface area contributed by atoms with Gasteiger partial charge in [0.1, 0.15) is 3.67 Å². The summed E-state index contributed by atoms with van der Waals surface area (Å²) in [5.74, 6) is 0. The number of hydrogen-bond acceptors (Lipinski definition) is 3. The Morgan fingerprint density at radius 2 is 1.93 bits per heavy atom. The summed E-state index contributed by atoms with van der Waals surface area (Å²) in [7, 11) is -2.90. The smallest absolute Gasteiger partial charge is 0.308 e. The highest BCUT2D eigenvalue weighted by molar-refractivity contribution is 14.1. The molecule has 84 valence electrons. The number of alkyl halides is 1. The SMILES string of the molecule is C=CCCC(I)P(=O)(OCC)OCC. The van der Waals surface area contributed by atoms with E-state index in [0.717, 1.165) is 12.8 Å². The van der Waals surface area contributed by atoms with Crippen molar-refractivity contribution < 1.29 is 13.6 Å². The summed E-state index contributed by atoms with van der Waals surface area (Å²) < 4.78 is 22.5. The average molecular weight is 332 g/mol. The second-order valence-corrected chi connectivity index (χ2v) is 7.38. The first-order valence-corrected chi connectivity index (χ1v) is 7.60. The maximum Gasteiger partial charge on any atom is 0.343 e. The van der Waals surface area contributed by atoms with Gasteiger partial charge in [-0.3, -0.25) is 4.57 Å². The van der Waals surface area contributed by atoms with Crippen LogP contribution in [-0.4, -0.2) is 16.9 Å². The molecule has 0 aliphatic carbocycles. The predicted molar refractivity (Wildman–Crippen MR) is 68.1 cm³/mol. The number of rotatable bonds is 8. The maximum atomic E-state index is 12.1. The van der Waals surface area contributed by atoms with E-state index in [9.17, 15) is 4.57 Å². The molecule has 0 radical (unpaired) electrons. The van der Waals surface area contributed by atoms with Gasteiger partial charge < -0.3 is 9.05 Å². The molecule has 5 heteroatoms. The van der Waals surface area contributed by atoms with Gasteiger partial charge in [-0.1, -0.05) is 28.7 Å². The lowest BCUT2D eigenvalue weighted by atomic mass is 10.3. The second-order valence-electron chi connectivity index (χ2n) is 2.68. The average Bonchev–Trinajstić information content (AvgIpc) is 2.15. The van der Waals surface area contributed by atoms with Gasteiger partial charge >= 0.3 is 7.60 Å². The molecule has 0 aliphatic rings. The minimum atomic E-state index is -2.90. The molecule has 0 aromatic rings. The van der Waals surface area contributed by atoms with Crippen LogP contribution in [0.4, 0.5) is 0 Å². The van der Waals surface area contributed by atoms with Gasteiger partial charge in [-0.2, -0.15) is 0 Å². The summed E-state index contributed by atoms with van der Waals surface area (Å²) in [6.07, 6.45) is 3.42. The Labute approximate surface area is 99.9 Å². The van der Waals surface area contributed by atoms with E-state index in [4.69, 9.17) is 9.05 Å². The summed E-state index contributed by atoms with van der Waals surface area (Å²) >= 11 is 2.13. The fourth-order valence-corrected chi connectivity index (χ4v) is 3.88. The third-order valence-electron chi connectivity index (χ3n) is 1.57. The van der Waals surface area contributed by atoms with Crippen molar-refractivity contribution in [1.82, 2.24) is 0 Å². The van der Waals surface area contributed by atoms with Crippen LogP contribution in [0.15, 0.2) is 12.7 Å². The van der Waals surface area contributed by atoms with E-state index in [-0.39, 0.29) is 3.67 Å². The molecule has 0 spiro atoms. The molecule has 0 aromatic carbocycles. The second kappa shape index (κ2) is 7.85. The van der Waals surface area contributed by atoms with Crippen molar-refractivity contribution in [3.63, 3.8) is 0 Å². The molecule has 3 nitrogen and oxygen atoms in total. The van der Waals surface area contributed by atoms with E-state index in [0.29, 0.717) is 13.2 Å². The molecule has 0 bridgehead atoms. The summed E-state index contributed by atoms with van der Waals surface area (Å²) in [6.45, 7) is 8.12. The molecule has 0 fully saturated rings. The van der Waals surface area contributed by atoms with Crippen molar-refractivity contribution in [2.24, 2.45) is 0 Å². The van der Waals surface area contributed by atoms with E-state index in [1.807, 2.05) is 19.9 Å². The molecule has 0 aliphatic heterocycles. The van der Waals surface area contributed by atoms with Gasteiger partial charge in [0.15, 0.2) is 0 Å². The zero-order valence-corrected chi connectivity index (χ0v) is 11.8. The summed E-state index contributed by atoms with van der Waals surface area (Å²) in [4.78, 5) is 0. The molecule has 0 amide bonds. The largest absolute Gasteiger partial charge is 0.343 e. The topological polar surface area (TPSA) is 35.5 Å². The third-order valence-corrected chi connectivity index (χ3v) is 6.42. The lowest BCUT2D eigenvalue weighted by molar-refractivity contribution is 0.218. The molecule has 1 atom stereocenters. The lowest BCUT2D eigenvalue weighted by Gasteiger charge is -2.21. The number of hydrogen-bond donors (Lipinski definition) is 0. The Hall–Kier alpha value is 0.620. The van der Waals surface area contributed by atoms with Crippen LogP contribution in [0.2, 0.25) is 0 Å². The van der Waals surface area contributed by atoms with Crippen molar-refractivity contribution in [3.05, 3.63) is 12.7 Å². The van der Waals surface area contributed by atoms with Crippen LogP contribution >= 0.6 is 30.2 Å². The molecule has 0 aromatic heterocycles. The Kier molecular flexibility index (Phi) is 8.20. The highest BCUT2D eigenvalue weighted by Crippen LogP contribution is 2.57. The first kappa shape index (κ1) is 14.6. The predicted octanol–water partition coefficient (Wildman–Crippen LogP) is 3.98. The van der Waals surface area contributed by atoms with Gasteiger partial charge in [-0.25, -0.2) is 0 Å². The molecule has 0 saturated heterocycles. The van der Waals surface area contributed by atoms with Crippen LogP contribution in [0, 0.1) is 0 Å². The molecule has 14 heavy (non-hydrogen) atoms. The van der Waals surface area contributed by atoms with Crippen molar-refractivity contribution in [2.45, 2.75) is 30.4 Å². The highest BCUT2D eigenvalue weighted by atomic mass is 127. The number of allylic oxidation sites excluding steroid dienone is 1. The Morgan fingerprint density at radius 1 is 1.43 bits per heavy atom. The first-order chi connectivity index (χ1) is 6.60. The van der Waals surface area contributed by atoms with E-state index in [1.54, 1.807) is 0 Å². The van der Waals surface area contributed by atoms with Crippen molar-refractivity contribution in [1.29, 1.82) is 0 Å². The van der Waals surface area contributed by atoms with Gasteiger partial charge in [-0.05, 0) is 26.7 Å². The normalized spacial score (nSPS) is 13.9. The zero-order chi connectivity index (χ0) is 11.0. The van der Waals surface area contributed by atoms with Crippen LogP contribution in [0.5, 0.6) is 0 Å². The van der Waals surface area contributed by atoms with E-state index in [1.165, 1.54) is 0 Å². The van der Waals surface area contributed by atoms with Crippen molar-refractivity contribution in [2.75, 3.05) is 13.2 Å². The lowest BCUT2D eigenvalue weighted by Crippen LogP contribution is -2.06. The fourth-order valence-electron chi connectivity index (χ4n) is 0.972. The molecular weight excluding hydrogens is 314 g/mol. The molecule has 1 unspecified atom stereocenters. The van der Waals surface area contributed by atoms with Crippen LogP contribution in [0.1, 0.15) is 26.7 Å². The summed E-state index contributed by atoms with van der Waals surface area (Å²) in [5.41, 5.74) is 0. The molecule has 0 heterocycles. The quantitative estimate of drug-likeness (QED) is 0.292.